The largest absolute Gasteiger partial charge is 0.256 e. The second-order valence-electron chi connectivity index (χ2n) is 3.55. The van der Waals surface area contributed by atoms with Gasteiger partial charge < -0.3 is 0 Å². The standard InChI is InChI=1S/C10H16Cl2N2/c1-3-4-5-6-7-8-13-9(11)10(12)14(8)2/h3-7H2,1-2H3/p+1. The summed E-state index contributed by atoms with van der Waals surface area (Å²) in [7, 11) is 1.93. The Morgan fingerprint density at radius 2 is 1.93 bits per heavy atom. The van der Waals surface area contributed by atoms with Crippen LogP contribution in [0.1, 0.15) is 38.4 Å². The van der Waals surface area contributed by atoms with Crippen LogP contribution in [0.15, 0.2) is 0 Å². The Bertz CT molecular complexity index is 295. The molecule has 0 aliphatic carbocycles. The van der Waals surface area contributed by atoms with E-state index in [2.05, 4.69) is 11.9 Å². The molecule has 0 fully saturated rings. The highest BCUT2D eigenvalue weighted by molar-refractivity contribution is 6.39. The molecule has 1 rings (SSSR count). The number of H-pyrrole nitrogens is 1. The van der Waals surface area contributed by atoms with E-state index in [-0.39, 0.29) is 0 Å². The van der Waals surface area contributed by atoms with Crippen LogP contribution in [-0.4, -0.2) is 4.98 Å². The molecule has 80 valence electrons. The van der Waals surface area contributed by atoms with E-state index in [9.17, 15) is 0 Å². The third kappa shape index (κ3) is 2.89. The summed E-state index contributed by atoms with van der Waals surface area (Å²) in [5.41, 5.74) is 0. The van der Waals surface area contributed by atoms with Crippen molar-refractivity contribution in [1.82, 2.24) is 4.98 Å². The number of imidazole rings is 1. The molecule has 1 N–H and O–H groups in total. The van der Waals surface area contributed by atoms with Gasteiger partial charge in [0, 0.05) is 6.42 Å². The summed E-state index contributed by atoms with van der Waals surface area (Å²) in [5, 5.41) is 1.14. The Morgan fingerprint density at radius 3 is 2.43 bits per heavy atom. The maximum absolute atomic E-state index is 5.94. The minimum atomic E-state index is 0.541. The molecule has 4 heteroatoms. The van der Waals surface area contributed by atoms with Gasteiger partial charge in [0.1, 0.15) is 0 Å². The van der Waals surface area contributed by atoms with Crippen LogP contribution in [0.4, 0.5) is 0 Å². The molecule has 0 radical (unpaired) electrons. The number of aromatic nitrogens is 2. The monoisotopic (exact) mass is 235 g/mol. The number of aromatic amines is 1. The molecule has 0 aromatic carbocycles. The van der Waals surface area contributed by atoms with Gasteiger partial charge in [-0.1, -0.05) is 26.2 Å². The smallest absolute Gasteiger partial charge is 0.230 e. The topological polar surface area (TPSA) is 19.7 Å². The highest BCUT2D eigenvalue weighted by Gasteiger charge is 2.17. The molecule has 1 aromatic heterocycles. The van der Waals surface area contributed by atoms with Gasteiger partial charge in [0.15, 0.2) is 0 Å². The van der Waals surface area contributed by atoms with E-state index in [1.165, 1.54) is 25.7 Å². The highest BCUT2D eigenvalue weighted by Crippen LogP contribution is 2.16. The fourth-order valence-electron chi connectivity index (χ4n) is 1.48. The average Bonchev–Trinajstić information content (AvgIpc) is 2.41. The maximum Gasteiger partial charge on any atom is 0.256 e. The molecule has 0 saturated carbocycles. The Morgan fingerprint density at radius 1 is 1.21 bits per heavy atom. The Hall–Kier alpha value is -0.210. The number of hydrogen-bond donors (Lipinski definition) is 1. The van der Waals surface area contributed by atoms with E-state index < -0.39 is 0 Å². The normalized spacial score (nSPS) is 10.9. The Balaban J connectivity index is 2.47. The number of unbranched alkanes of at least 4 members (excludes halogenated alkanes) is 3. The number of aryl methyl sites for hydroxylation is 1. The van der Waals surface area contributed by atoms with Crippen LogP contribution in [0, 0.1) is 0 Å². The van der Waals surface area contributed by atoms with Crippen molar-refractivity contribution in [1.29, 1.82) is 0 Å². The van der Waals surface area contributed by atoms with E-state index in [4.69, 9.17) is 23.2 Å². The molecule has 0 aliphatic rings. The van der Waals surface area contributed by atoms with Crippen molar-refractivity contribution in [3.8, 4) is 0 Å². The van der Waals surface area contributed by atoms with Crippen LogP contribution in [0.5, 0.6) is 0 Å². The lowest BCUT2D eigenvalue weighted by Gasteiger charge is -1.95. The first kappa shape index (κ1) is 11.9. The minimum Gasteiger partial charge on any atom is -0.230 e. The molecule has 0 amide bonds. The second kappa shape index (κ2) is 5.62. The molecular weight excluding hydrogens is 219 g/mol. The fourth-order valence-corrected chi connectivity index (χ4v) is 1.86. The molecule has 0 atom stereocenters. The van der Waals surface area contributed by atoms with Gasteiger partial charge in [0.2, 0.25) is 0 Å². The third-order valence-corrected chi connectivity index (χ3v) is 3.21. The third-order valence-electron chi connectivity index (χ3n) is 2.40. The maximum atomic E-state index is 5.94. The molecule has 0 bridgehead atoms. The van der Waals surface area contributed by atoms with Crippen molar-refractivity contribution in [2.75, 3.05) is 0 Å². The molecule has 1 heterocycles. The van der Waals surface area contributed by atoms with Crippen molar-refractivity contribution in [2.24, 2.45) is 7.05 Å². The van der Waals surface area contributed by atoms with Crippen molar-refractivity contribution < 1.29 is 4.57 Å². The van der Waals surface area contributed by atoms with Crippen LogP contribution in [0.3, 0.4) is 0 Å². The summed E-state index contributed by atoms with van der Waals surface area (Å²) in [6.07, 6.45) is 6.03. The average molecular weight is 236 g/mol. The number of nitrogens with one attached hydrogen (secondary N) is 1. The lowest BCUT2D eigenvalue weighted by molar-refractivity contribution is -0.675. The quantitative estimate of drug-likeness (QED) is 0.598. The molecular formula is C10H17Cl2N2+. The zero-order chi connectivity index (χ0) is 10.6. The first-order valence-corrected chi connectivity index (χ1v) is 5.84. The molecule has 0 aliphatic heterocycles. The van der Waals surface area contributed by atoms with Gasteiger partial charge >= 0.3 is 0 Å². The summed E-state index contributed by atoms with van der Waals surface area (Å²) in [5.74, 6) is 1.11. The number of halogens is 2. The van der Waals surface area contributed by atoms with Gasteiger partial charge in [-0.2, -0.15) is 0 Å². The second-order valence-corrected chi connectivity index (χ2v) is 4.28. The zero-order valence-electron chi connectivity index (χ0n) is 8.74. The SMILES string of the molecule is CCCCCCc1[nH]c(Cl)c(Cl)[n+]1C. The number of hydrogen-bond acceptors (Lipinski definition) is 0. The van der Waals surface area contributed by atoms with Crippen molar-refractivity contribution in [3.05, 3.63) is 16.1 Å². The zero-order valence-corrected chi connectivity index (χ0v) is 10.3. The van der Waals surface area contributed by atoms with Gasteiger partial charge in [0.05, 0.1) is 7.05 Å². The van der Waals surface area contributed by atoms with Crippen molar-refractivity contribution in [2.45, 2.75) is 39.0 Å². The van der Waals surface area contributed by atoms with Crippen LogP contribution < -0.4 is 4.57 Å². The number of nitrogens with zero attached hydrogens (tertiary/aromatic N) is 1. The van der Waals surface area contributed by atoms with Gasteiger partial charge in [-0.3, -0.25) is 0 Å². The summed E-state index contributed by atoms with van der Waals surface area (Å²) in [4.78, 5) is 3.09. The summed E-state index contributed by atoms with van der Waals surface area (Å²) in [6, 6.07) is 0. The van der Waals surface area contributed by atoms with E-state index in [1.807, 2.05) is 11.6 Å². The van der Waals surface area contributed by atoms with E-state index >= 15 is 0 Å². The van der Waals surface area contributed by atoms with E-state index in [0.717, 1.165) is 12.2 Å². The Labute approximate surface area is 95.2 Å². The lowest BCUT2D eigenvalue weighted by atomic mass is 10.1. The fraction of sp³-hybridized carbons (Fsp3) is 0.700. The summed E-state index contributed by atoms with van der Waals surface area (Å²) >= 11 is 11.8. The van der Waals surface area contributed by atoms with Gasteiger partial charge in [-0.15, -0.1) is 0 Å². The van der Waals surface area contributed by atoms with Crippen molar-refractivity contribution in [3.63, 3.8) is 0 Å². The number of rotatable bonds is 5. The van der Waals surface area contributed by atoms with Crippen LogP contribution >= 0.6 is 23.2 Å². The molecule has 1 aromatic rings. The van der Waals surface area contributed by atoms with Gasteiger partial charge in [0.25, 0.3) is 16.1 Å². The molecule has 2 nitrogen and oxygen atoms in total. The van der Waals surface area contributed by atoms with Gasteiger partial charge in [-0.05, 0) is 29.6 Å². The van der Waals surface area contributed by atoms with Crippen LogP contribution in [0.25, 0.3) is 0 Å². The summed E-state index contributed by atoms with van der Waals surface area (Å²) in [6.45, 7) is 2.21. The highest BCUT2D eigenvalue weighted by atomic mass is 35.5. The predicted octanol–water partition coefficient (Wildman–Crippen LogP) is 3.27. The first-order chi connectivity index (χ1) is 6.66. The molecule has 0 spiro atoms. The van der Waals surface area contributed by atoms with Crippen LogP contribution in [-0.2, 0) is 13.5 Å². The molecule has 0 unspecified atom stereocenters. The summed E-state index contributed by atoms with van der Waals surface area (Å²) < 4.78 is 1.91. The Kier molecular flexibility index (Phi) is 4.76. The van der Waals surface area contributed by atoms with E-state index in [1.54, 1.807) is 0 Å². The molecule has 0 saturated heterocycles. The van der Waals surface area contributed by atoms with Crippen LogP contribution in [0.2, 0.25) is 10.3 Å². The van der Waals surface area contributed by atoms with Crippen molar-refractivity contribution >= 4 is 23.2 Å². The lowest BCUT2D eigenvalue weighted by Crippen LogP contribution is -2.32. The predicted molar refractivity (Wildman–Crippen MR) is 59.8 cm³/mol. The van der Waals surface area contributed by atoms with E-state index in [0.29, 0.717) is 10.3 Å². The molecule has 14 heavy (non-hydrogen) atoms. The first-order valence-electron chi connectivity index (χ1n) is 5.08. The van der Waals surface area contributed by atoms with Gasteiger partial charge in [-0.25, -0.2) is 9.55 Å². The minimum absolute atomic E-state index is 0.541.